The lowest BCUT2D eigenvalue weighted by atomic mass is 10.0. The molecule has 2 aromatic rings. The predicted octanol–water partition coefficient (Wildman–Crippen LogP) is 6.89. The van der Waals surface area contributed by atoms with E-state index < -0.39 is 0 Å². The maximum absolute atomic E-state index is 2.61. The van der Waals surface area contributed by atoms with Gasteiger partial charge >= 0.3 is 0 Å². The van der Waals surface area contributed by atoms with Crippen LogP contribution in [-0.4, -0.2) is 38.4 Å². The van der Waals surface area contributed by atoms with Crippen molar-refractivity contribution in [1.82, 2.24) is 4.90 Å². The highest BCUT2D eigenvalue weighted by atomic mass is 15.5. The number of anilines is 2. The minimum absolute atomic E-state index is 0.247. The molecule has 0 saturated carbocycles. The predicted molar refractivity (Wildman–Crippen MR) is 141 cm³/mol. The van der Waals surface area contributed by atoms with E-state index in [1.807, 2.05) is 0 Å². The fourth-order valence-corrected chi connectivity index (χ4v) is 4.93. The van der Waals surface area contributed by atoms with Crippen molar-refractivity contribution >= 4 is 11.4 Å². The van der Waals surface area contributed by atoms with Crippen molar-refractivity contribution in [3.63, 3.8) is 0 Å². The van der Waals surface area contributed by atoms with E-state index in [-0.39, 0.29) is 6.29 Å². The largest absolute Gasteiger partial charge is 0.337 e. The molecule has 2 aromatic carbocycles. The zero-order valence-corrected chi connectivity index (χ0v) is 21.2. The number of aryl methyl sites for hydroxylation is 3. The Kier molecular flexibility index (Phi) is 9.47. The van der Waals surface area contributed by atoms with E-state index in [0.717, 1.165) is 13.1 Å². The number of nitrogens with zero attached hydrogens (tertiary/aromatic N) is 3. The van der Waals surface area contributed by atoms with Crippen LogP contribution >= 0.6 is 0 Å². The van der Waals surface area contributed by atoms with E-state index in [9.17, 15) is 0 Å². The molecule has 1 aliphatic rings. The highest BCUT2D eigenvalue weighted by Gasteiger charge is 2.34. The molecule has 176 valence electrons. The summed E-state index contributed by atoms with van der Waals surface area (Å²) in [6.07, 6.45) is 11.3. The summed E-state index contributed by atoms with van der Waals surface area (Å²) < 4.78 is 0. The molecule has 3 heteroatoms. The third-order valence-corrected chi connectivity index (χ3v) is 6.67. The molecule has 0 bridgehead atoms. The van der Waals surface area contributed by atoms with Gasteiger partial charge in [0, 0.05) is 24.5 Å². The van der Waals surface area contributed by atoms with Crippen molar-refractivity contribution in [2.75, 3.05) is 37.0 Å². The molecule has 0 radical (unpaired) electrons. The molecule has 1 aliphatic heterocycles. The summed E-state index contributed by atoms with van der Waals surface area (Å²) in [4.78, 5) is 7.57. The van der Waals surface area contributed by atoms with Crippen LogP contribution in [0.3, 0.4) is 0 Å². The Morgan fingerprint density at radius 3 is 1.72 bits per heavy atom. The quantitative estimate of drug-likeness (QED) is 0.359. The van der Waals surface area contributed by atoms with Crippen LogP contribution in [0.15, 0.2) is 42.5 Å². The first-order valence-corrected chi connectivity index (χ1v) is 13.0. The molecule has 0 amide bonds. The third-order valence-electron chi connectivity index (χ3n) is 6.67. The van der Waals surface area contributed by atoms with Gasteiger partial charge in [-0.1, -0.05) is 58.2 Å². The van der Waals surface area contributed by atoms with E-state index in [2.05, 4.69) is 92.0 Å². The molecule has 0 N–H and O–H groups in total. The lowest BCUT2D eigenvalue weighted by molar-refractivity contribution is 0.303. The first-order valence-electron chi connectivity index (χ1n) is 13.0. The van der Waals surface area contributed by atoms with Gasteiger partial charge in [-0.2, -0.15) is 0 Å². The van der Waals surface area contributed by atoms with E-state index in [1.165, 1.54) is 85.9 Å². The minimum atomic E-state index is 0.247. The third kappa shape index (κ3) is 6.28. The average Bonchev–Trinajstić information content (AvgIpc) is 3.26. The minimum Gasteiger partial charge on any atom is -0.337 e. The Hall–Kier alpha value is -2.00. The number of hydrogen-bond acceptors (Lipinski definition) is 3. The van der Waals surface area contributed by atoms with Gasteiger partial charge in [-0.15, -0.1) is 0 Å². The van der Waals surface area contributed by atoms with E-state index >= 15 is 0 Å². The Bertz CT molecular complexity index is 803. The molecule has 1 fully saturated rings. The number of rotatable bonds is 12. The molecule has 0 aromatic heterocycles. The van der Waals surface area contributed by atoms with Gasteiger partial charge in [0.2, 0.25) is 0 Å². The SMILES string of the molecule is CCCCc1cccc(N2CCN(c3cc(CCCC)cc(CCCC)c3)C2N(C)C)c1. The molecule has 3 rings (SSSR count). The van der Waals surface area contributed by atoms with Gasteiger partial charge in [0.25, 0.3) is 0 Å². The summed E-state index contributed by atoms with van der Waals surface area (Å²) in [5, 5.41) is 0. The summed E-state index contributed by atoms with van der Waals surface area (Å²) in [6, 6.07) is 16.6. The van der Waals surface area contributed by atoms with E-state index in [1.54, 1.807) is 0 Å². The molecule has 1 heterocycles. The van der Waals surface area contributed by atoms with Crippen molar-refractivity contribution in [3.05, 3.63) is 59.2 Å². The Labute approximate surface area is 197 Å². The van der Waals surface area contributed by atoms with Gasteiger partial charge in [-0.25, -0.2) is 0 Å². The summed E-state index contributed by atoms with van der Waals surface area (Å²) in [5.41, 5.74) is 7.23. The first-order chi connectivity index (χ1) is 15.6. The lowest BCUT2D eigenvalue weighted by Gasteiger charge is -2.37. The Balaban J connectivity index is 1.89. The fourth-order valence-electron chi connectivity index (χ4n) is 4.93. The standard InChI is InChI=1S/C29H45N3/c1-6-9-13-24-16-12-17-27(21-24)31-18-19-32(29(31)30(4)5)28-22-25(14-10-7-2)20-26(23-28)15-11-8-3/h12,16-17,20-23,29H,6-11,13-15,18-19H2,1-5H3. The Morgan fingerprint density at radius 2 is 1.19 bits per heavy atom. The molecular formula is C29H45N3. The van der Waals surface area contributed by atoms with Crippen molar-refractivity contribution in [3.8, 4) is 0 Å². The van der Waals surface area contributed by atoms with Crippen molar-refractivity contribution in [2.24, 2.45) is 0 Å². The normalized spacial score (nSPS) is 16.4. The van der Waals surface area contributed by atoms with Gasteiger partial charge < -0.3 is 9.80 Å². The van der Waals surface area contributed by atoms with Crippen LogP contribution in [0.2, 0.25) is 0 Å². The van der Waals surface area contributed by atoms with Gasteiger partial charge in [0.1, 0.15) is 0 Å². The summed E-state index contributed by atoms with van der Waals surface area (Å²) >= 11 is 0. The van der Waals surface area contributed by atoms with Crippen molar-refractivity contribution < 1.29 is 0 Å². The zero-order valence-electron chi connectivity index (χ0n) is 21.2. The summed E-state index contributed by atoms with van der Waals surface area (Å²) in [6.45, 7) is 8.97. The van der Waals surface area contributed by atoms with Crippen LogP contribution in [0.4, 0.5) is 11.4 Å². The molecule has 0 spiro atoms. The lowest BCUT2D eigenvalue weighted by Crippen LogP contribution is -2.49. The zero-order chi connectivity index (χ0) is 22.9. The van der Waals surface area contributed by atoms with Crippen LogP contribution in [0.5, 0.6) is 0 Å². The molecular weight excluding hydrogens is 390 g/mol. The second-order valence-corrected chi connectivity index (χ2v) is 9.69. The molecule has 0 aliphatic carbocycles. The number of benzene rings is 2. The number of hydrogen-bond donors (Lipinski definition) is 0. The van der Waals surface area contributed by atoms with Crippen molar-refractivity contribution in [1.29, 1.82) is 0 Å². The van der Waals surface area contributed by atoms with Gasteiger partial charge in [0.05, 0.1) is 0 Å². The molecule has 32 heavy (non-hydrogen) atoms. The van der Waals surface area contributed by atoms with E-state index in [0.29, 0.717) is 0 Å². The first kappa shape index (κ1) is 24.6. The molecule has 1 unspecified atom stereocenters. The van der Waals surface area contributed by atoms with Gasteiger partial charge in [-0.3, -0.25) is 4.90 Å². The van der Waals surface area contributed by atoms with Crippen LogP contribution in [-0.2, 0) is 19.3 Å². The second-order valence-electron chi connectivity index (χ2n) is 9.69. The second kappa shape index (κ2) is 12.3. The highest BCUT2D eigenvalue weighted by molar-refractivity contribution is 5.59. The van der Waals surface area contributed by atoms with Gasteiger partial charge in [-0.05, 0) is 93.6 Å². The number of unbranched alkanes of at least 4 members (excludes halogenated alkanes) is 3. The average molecular weight is 436 g/mol. The molecule has 1 saturated heterocycles. The van der Waals surface area contributed by atoms with Crippen LogP contribution < -0.4 is 9.80 Å². The van der Waals surface area contributed by atoms with Crippen LogP contribution in [0.25, 0.3) is 0 Å². The van der Waals surface area contributed by atoms with Crippen LogP contribution in [0, 0.1) is 0 Å². The maximum Gasteiger partial charge on any atom is 0.160 e. The molecule has 3 nitrogen and oxygen atoms in total. The smallest absolute Gasteiger partial charge is 0.160 e. The monoisotopic (exact) mass is 435 g/mol. The highest BCUT2D eigenvalue weighted by Crippen LogP contribution is 2.32. The van der Waals surface area contributed by atoms with Crippen molar-refractivity contribution in [2.45, 2.75) is 84.8 Å². The summed E-state index contributed by atoms with van der Waals surface area (Å²) in [7, 11) is 4.44. The van der Waals surface area contributed by atoms with Crippen LogP contribution in [0.1, 0.15) is 76.0 Å². The Morgan fingerprint density at radius 1 is 0.688 bits per heavy atom. The maximum atomic E-state index is 2.61. The fraction of sp³-hybridized carbons (Fsp3) is 0.586. The topological polar surface area (TPSA) is 9.72 Å². The van der Waals surface area contributed by atoms with Gasteiger partial charge in [0.15, 0.2) is 6.29 Å². The molecule has 1 atom stereocenters. The summed E-state index contributed by atoms with van der Waals surface area (Å²) in [5.74, 6) is 0. The van der Waals surface area contributed by atoms with E-state index in [4.69, 9.17) is 0 Å².